The minimum Gasteiger partial charge on any atom is -0.370 e. The summed E-state index contributed by atoms with van der Waals surface area (Å²) in [4.78, 5) is 1.55. The van der Waals surface area contributed by atoms with Gasteiger partial charge in [0, 0.05) is 20.0 Å². The van der Waals surface area contributed by atoms with Crippen LogP contribution in [0.2, 0.25) is 0 Å². The molecule has 2 heterocycles. The van der Waals surface area contributed by atoms with Crippen molar-refractivity contribution < 1.29 is 21.6 Å². The molecule has 1 unspecified atom stereocenters. The minimum absolute atomic E-state index is 0.261. The summed E-state index contributed by atoms with van der Waals surface area (Å²) < 4.78 is 67.2. The van der Waals surface area contributed by atoms with Gasteiger partial charge in [-0.2, -0.15) is 10.2 Å². The largest absolute Gasteiger partial charge is 0.370 e. The average Bonchev–Trinajstić information content (AvgIpc) is 2.67. The first-order valence-corrected chi connectivity index (χ1v) is 10.5. The van der Waals surface area contributed by atoms with Gasteiger partial charge in [0.2, 0.25) is 0 Å². The zero-order valence-corrected chi connectivity index (χ0v) is 16.5. The standard InChI is InChI=1S/C19H22F3N3O2S/c1-18(19(2,21)22,28(26,27)17-5-3-4-15(20)12-17)14-7-10-25(11-8-14)16-6-9-23-24-13-16/h3-6,9,12-14H,7-8,10-11H2,1-2H3. The van der Waals surface area contributed by atoms with E-state index in [1.54, 1.807) is 18.5 Å². The lowest BCUT2D eigenvalue weighted by atomic mass is 9.81. The van der Waals surface area contributed by atoms with E-state index in [9.17, 15) is 21.6 Å². The fourth-order valence-corrected chi connectivity index (χ4v) is 6.01. The van der Waals surface area contributed by atoms with Gasteiger partial charge in [-0.05, 0) is 49.9 Å². The number of hydrogen-bond donors (Lipinski definition) is 0. The van der Waals surface area contributed by atoms with Crippen LogP contribution in [-0.4, -0.2) is 42.4 Å². The first kappa shape index (κ1) is 20.6. The molecular weight excluding hydrogens is 391 g/mol. The summed E-state index contributed by atoms with van der Waals surface area (Å²) in [7, 11) is -4.49. The van der Waals surface area contributed by atoms with Crippen LogP contribution >= 0.6 is 0 Å². The van der Waals surface area contributed by atoms with E-state index in [0.29, 0.717) is 20.0 Å². The molecule has 0 amide bonds. The van der Waals surface area contributed by atoms with Crippen LogP contribution in [0.25, 0.3) is 0 Å². The molecule has 3 rings (SSSR count). The zero-order chi connectivity index (χ0) is 20.6. The predicted molar refractivity (Wildman–Crippen MR) is 99.6 cm³/mol. The Hall–Kier alpha value is -2.16. The molecule has 2 aromatic rings. The Labute approximate surface area is 162 Å². The number of nitrogens with zero attached hydrogens (tertiary/aromatic N) is 3. The average molecular weight is 413 g/mol. The summed E-state index contributed by atoms with van der Waals surface area (Å²) in [5.74, 6) is -5.07. The molecule has 152 valence electrons. The summed E-state index contributed by atoms with van der Waals surface area (Å²) in [6.07, 6.45) is 3.64. The molecule has 1 aromatic carbocycles. The number of alkyl halides is 2. The molecule has 1 saturated heterocycles. The van der Waals surface area contributed by atoms with Crippen LogP contribution < -0.4 is 4.90 Å². The molecule has 1 aromatic heterocycles. The number of hydrogen-bond acceptors (Lipinski definition) is 5. The summed E-state index contributed by atoms with van der Waals surface area (Å²) in [6, 6.07) is 6.04. The van der Waals surface area contributed by atoms with Crippen molar-refractivity contribution in [1.82, 2.24) is 10.2 Å². The maximum atomic E-state index is 14.8. The van der Waals surface area contributed by atoms with Crippen molar-refractivity contribution in [2.45, 2.75) is 42.3 Å². The fourth-order valence-electron chi connectivity index (χ4n) is 3.85. The van der Waals surface area contributed by atoms with Gasteiger partial charge in [-0.1, -0.05) is 6.07 Å². The van der Waals surface area contributed by atoms with E-state index in [2.05, 4.69) is 10.2 Å². The Morgan fingerprint density at radius 1 is 1.11 bits per heavy atom. The molecule has 0 saturated carbocycles. The second-order valence-electron chi connectivity index (χ2n) is 7.32. The number of halogens is 3. The number of anilines is 1. The third-order valence-electron chi connectivity index (χ3n) is 5.74. The third-order valence-corrected chi connectivity index (χ3v) is 8.43. The molecule has 0 N–H and O–H groups in total. The smallest absolute Gasteiger partial charge is 0.265 e. The van der Waals surface area contributed by atoms with E-state index in [4.69, 9.17) is 0 Å². The van der Waals surface area contributed by atoms with Crippen molar-refractivity contribution in [3.63, 3.8) is 0 Å². The first-order chi connectivity index (χ1) is 13.1. The molecule has 0 aliphatic carbocycles. The third kappa shape index (κ3) is 3.47. The van der Waals surface area contributed by atoms with Gasteiger partial charge >= 0.3 is 0 Å². The first-order valence-electron chi connectivity index (χ1n) is 8.97. The molecule has 9 heteroatoms. The van der Waals surface area contributed by atoms with E-state index in [-0.39, 0.29) is 12.8 Å². The number of aromatic nitrogens is 2. The highest BCUT2D eigenvalue weighted by Crippen LogP contribution is 2.48. The molecule has 1 aliphatic heterocycles. The van der Waals surface area contributed by atoms with E-state index < -0.39 is 37.1 Å². The molecule has 1 fully saturated rings. The lowest BCUT2D eigenvalue weighted by Gasteiger charge is -2.45. The maximum absolute atomic E-state index is 14.8. The van der Waals surface area contributed by atoms with Gasteiger partial charge in [-0.25, -0.2) is 21.6 Å². The second-order valence-corrected chi connectivity index (χ2v) is 9.64. The van der Waals surface area contributed by atoms with Crippen LogP contribution in [0.5, 0.6) is 0 Å². The van der Waals surface area contributed by atoms with Crippen LogP contribution in [0.4, 0.5) is 18.9 Å². The summed E-state index contributed by atoms with van der Waals surface area (Å²) in [5, 5.41) is 7.52. The molecular formula is C19H22F3N3O2S. The van der Waals surface area contributed by atoms with Crippen LogP contribution in [0.1, 0.15) is 26.7 Å². The number of rotatable bonds is 5. The number of sulfone groups is 1. The van der Waals surface area contributed by atoms with Crippen LogP contribution in [-0.2, 0) is 9.84 Å². The predicted octanol–water partition coefficient (Wildman–Crippen LogP) is 3.72. The quantitative estimate of drug-likeness (QED) is 0.748. The Bertz CT molecular complexity index is 927. The van der Waals surface area contributed by atoms with Crippen LogP contribution in [0, 0.1) is 11.7 Å². The fraction of sp³-hybridized carbons (Fsp3) is 0.474. The van der Waals surface area contributed by atoms with E-state index >= 15 is 0 Å². The number of piperidine rings is 1. The lowest BCUT2D eigenvalue weighted by Crippen LogP contribution is -2.57. The summed E-state index contributed by atoms with van der Waals surface area (Å²) in [5.41, 5.74) is 0.811. The monoisotopic (exact) mass is 413 g/mol. The van der Waals surface area contributed by atoms with Crippen molar-refractivity contribution in [2.24, 2.45) is 5.92 Å². The van der Waals surface area contributed by atoms with Gasteiger partial charge in [-0.3, -0.25) is 0 Å². The highest BCUT2D eigenvalue weighted by atomic mass is 32.2. The van der Waals surface area contributed by atoms with Crippen LogP contribution in [0.3, 0.4) is 0 Å². The molecule has 0 radical (unpaired) electrons. The Balaban J connectivity index is 1.93. The van der Waals surface area contributed by atoms with E-state index in [0.717, 1.165) is 24.7 Å². The van der Waals surface area contributed by atoms with E-state index in [1.165, 1.54) is 12.1 Å². The minimum atomic E-state index is -4.49. The Kier molecular flexibility index (Phi) is 5.40. The van der Waals surface area contributed by atoms with Crippen LogP contribution in [0.15, 0.2) is 47.6 Å². The highest BCUT2D eigenvalue weighted by Gasteiger charge is 2.61. The maximum Gasteiger partial charge on any atom is 0.265 e. The zero-order valence-electron chi connectivity index (χ0n) is 15.6. The van der Waals surface area contributed by atoms with Gasteiger partial charge in [0.25, 0.3) is 5.92 Å². The molecule has 0 bridgehead atoms. The second kappa shape index (κ2) is 7.35. The SMILES string of the molecule is CC(F)(F)C(C)(C1CCN(c2ccnnc2)CC1)S(=O)(=O)c1cccc(F)c1. The Morgan fingerprint density at radius 3 is 2.32 bits per heavy atom. The van der Waals surface area contributed by atoms with Gasteiger partial charge < -0.3 is 4.90 Å². The molecule has 5 nitrogen and oxygen atoms in total. The molecule has 28 heavy (non-hydrogen) atoms. The van der Waals surface area contributed by atoms with Crippen molar-refractivity contribution in [3.05, 3.63) is 48.5 Å². The topological polar surface area (TPSA) is 63.2 Å². The summed E-state index contributed by atoms with van der Waals surface area (Å²) >= 11 is 0. The Morgan fingerprint density at radius 2 is 1.79 bits per heavy atom. The molecule has 0 spiro atoms. The van der Waals surface area contributed by atoms with Crippen molar-refractivity contribution in [1.29, 1.82) is 0 Å². The molecule has 1 atom stereocenters. The normalized spacial score (nSPS) is 18.7. The van der Waals surface area contributed by atoms with Gasteiger partial charge in [0.1, 0.15) is 10.6 Å². The van der Waals surface area contributed by atoms with Gasteiger partial charge in [-0.15, -0.1) is 0 Å². The molecule has 1 aliphatic rings. The van der Waals surface area contributed by atoms with Crippen molar-refractivity contribution in [2.75, 3.05) is 18.0 Å². The number of benzene rings is 1. The summed E-state index contributed by atoms with van der Waals surface area (Å²) in [6.45, 7) is 2.55. The van der Waals surface area contributed by atoms with Crippen molar-refractivity contribution in [3.8, 4) is 0 Å². The van der Waals surface area contributed by atoms with Crippen molar-refractivity contribution >= 4 is 15.5 Å². The van der Waals surface area contributed by atoms with Gasteiger partial charge in [0.05, 0.1) is 23.0 Å². The van der Waals surface area contributed by atoms with E-state index in [1.807, 2.05) is 4.90 Å². The highest BCUT2D eigenvalue weighted by molar-refractivity contribution is 7.93. The lowest BCUT2D eigenvalue weighted by molar-refractivity contribution is -0.0428. The van der Waals surface area contributed by atoms with Gasteiger partial charge in [0.15, 0.2) is 9.84 Å².